The SMILES string of the molecule is O=C(Nc1ccccc1Cl)N1CCCc2cccc(O)c21. The lowest BCUT2D eigenvalue weighted by molar-refractivity contribution is 0.256. The molecule has 2 aromatic rings. The number of aromatic hydroxyl groups is 1. The molecule has 0 fully saturated rings. The minimum absolute atomic E-state index is 0.126. The Morgan fingerprint density at radius 3 is 2.81 bits per heavy atom. The number of hydrogen-bond acceptors (Lipinski definition) is 2. The highest BCUT2D eigenvalue weighted by Crippen LogP contribution is 2.35. The maximum Gasteiger partial charge on any atom is 0.326 e. The molecule has 1 aliphatic rings. The van der Waals surface area contributed by atoms with E-state index in [1.165, 1.54) is 0 Å². The van der Waals surface area contributed by atoms with Gasteiger partial charge in [-0.3, -0.25) is 4.90 Å². The zero-order valence-corrected chi connectivity index (χ0v) is 12.1. The zero-order chi connectivity index (χ0) is 14.8. The van der Waals surface area contributed by atoms with Gasteiger partial charge >= 0.3 is 6.03 Å². The number of nitrogens with one attached hydrogen (secondary N) is 1. The minimum Gasteiger partial charge on any atom is -0.506 e. The number of halogens is 1. The van der Waals surface area contributed by atoms with Crippen LogP contribution in [0.4, 0.5) is 16.2 Å². The van der Waals surface area contributed by atoms with Crippen molar-refractivity contribution in [2.75, 3.05) is 16.8 Å². The molecule has 5 heteroatoms. The predicted molar refractivity (Wildman–Crippen MR) is 84.2 cm³/mol. The van der Waals surface area contributed by atoms with Gasteiger partial charge in [0.25, 0.3) is 0 Å². The smallest absolute Gasteiger partial charge is 0.326 e. The number of phenolic OH excluding ortho intramolecular Hbond substituents is 1. The van der Waals surface area contributed by atoms with Gasteiger partial charge in [-0.05, 0) is 36.6 Å². The van der Waals surface area contributed by atoms with Crippen LogP contribution in [0.5, 0.6) is 5.75 Å². The highest BCUT2D eigenvalue weighted by Gasteiger charge is 2.25. The average Bonchev–Trinajstić information content (AvgIpc) is 2.49. The first-order valence-corrected chi connectivity index (χ1v) is 7.18. The fraction of sp³-hybridized carbons (Fsp3) is 0.188. The number of phenols is 1. The molecule has 0 aromatic heterocycles. The predicted octanol–water partition coefficient (Wildman–Crippen LogP) is 4.03. The van der Waals surface area contributed by atoms with Crippen LogP contribution in [-0.2, 0) is 6.42 Å². The van der Waals surface area contributed by atoms with Gasteiger partial charge in [-0.15, -0.1) is 0 Å². The number of benzene rings is 2. The minimum atomic E-state index is -0.287. The number of para-hydroxylation sites is 2. The summed E-state index contributed by atoms with van der Waals surface area (Å²) in [5.74, 6) is 0.126. The highest BCUT2D eigenvalue weighted by molar-refractivity contribution is 6.33. The molecule has 0 saturated heterocycles. The summed E-state index contributed by atoms with van der Waals surface area (Å²) >= 11 is 6.06. The zero-order valence-electron chi connectivity index (χ0n) is 11.3. The average molecular weight is 303 g/mol. The van der Waals surface area contributed by atoms with E-state index in [2.05, 4.69) is 5.32 Å². The van der Waals surface area contributed by atoms with E-state index in [0.717, 1.165) is 18.4 Å². The lowest BCUT2D eigenvalue weighted by Gasteiger charge is -2.30. The van der Waals surface area contributed by atoms with Gasteiger partial charge in [0.05, 0.1) is 16.4 Å². The van der Waals surface area contributed by atoms with Gasteiger partial charge in [0.1, 0.15) is 5.75 Å². The summed E-state index contributed by atoms with van der Waals surface area (Å²) in [5.41, 5.74) is 2.13. The number of aryl methyl sites for hydroxylation is 1. The fourth-order valence-electron chi connectivity index (χ4n) is 2.58. The Balaban J connectivity index is 1.89. The number of rotatable bonds is 1. The van der Waals surface area contributed by atoms with Gasteiger partial charge < -0.3 is 10.4 Å². The second-order valence-corrected chi connectivity index (χ2v) is 5.36. The van der Waals surface area contributed by atoms with Crippen molar-refractivity contribution in [2.24, 2.45) is 0 Å². The van der Waals surface area contributed by atoms with Crippen molar-refractivity contribution >= 4 is 29.0 Å². The first kappa shape index (κ1) is 13.8. The largest absolute Gasteiger partial charge is 0.506 e. The quantitative estimate of drug-likeness (QED) is 0.835. The summed E-state index contributed by atoms with van der Waals surface area (Å²) in [6, 6.07) is 12.1. The highest BCUT2D eigenvalue weighted by atomic mass is 35.5. The van der Waals surface area contributed by atoms with Gasteiger partial charge in [0, 0.05) is 6.54 Å². The van der Waals surface area contributed by atoms with Gasteiger partial charge in [-0.2, -0.15) is 0 Å². The summed E-state index contributed by atoms with van der Waals surface area (Å²) in [6.45, 7) is 0.570. The first-order valence-electron chi connectivity index (χ1n) is 6.81. The van der Waals surface area contributed by atoms with E-state index in [-0.39, 0.29) is 11.8 Å². The van der Waals surface area contributed by atoms with Crippen molar-refractivity contribution in [3.8, 4) is 5.75 Å². The number of urea groups is 1. The van der Waals surface area contributed by atoms with E-state index >= 15 is 0 Å². The van der Waals surface area contributed by atoms with E-state index in [0.29, 0.717) is 22.9 Å². The van der Waals surface area contributed by atoms with Crippen LogP contribution in [-0.4, -0.2) is 17.7 Å². The van der Waals surface area contributed by atoms with Crippen LogP contribution in [0.25, 0.3) is 0 Å². The topological polar surface area (TPSA) is 52.6 Å². The summed E-state index contributed by atoms with van der Waals surface area (Å²) in [4.78, 5) is 14.0. The molecule has 4 nitrogen and oxygen atoms in total. The Labute approximate surface area is 128 Å². The van der Waals surface area contributed by atoms with E-state index in [9.17, 15) is 9.90 Å². The number of anilines is 2. The van der Waals surface area contributed by atoms with Crippen molar-refractivity contribution in [1.82, 2.24) is 0 Å². The van der Waals surface area contributed by atoms with Crippen LogP contribution in [0.15, 0.2) is 42.5 Å². The van der Waals surface area contributed by atoms with E-state index in [1.807, 2.05) is 12.1 Å². The maximum atomic E-state index is 12.5. The maximum absolute atomic E-state index is 12.5. The number of nitrogens with zero attached hydrogens (tertiary/aromatic N) is 1. The van der Waals surface area contributed by atoms with Gasteiger partial charge in [0.2, 0.25) is 0 Å². The molecule has 0 bridgehead atoms. The molecular formula is C16H15ClN2O2. The number of fused-ring (bicyclic) bond motifs is 1. The van der Waals surface area contributed by atoms with Crippen molar-refractivity contribution in [3.05, 3.63) is 53.1 Å². The normalized spacial score (nSPS) is 13.7. The number of carbonyl (C=O) groups is 1. The molecule has 0 radical (unpaired) electrons. The molecule has 0 saturated carbocycles. The monoisotopic (exact) mass is 302 g/mol. The second kappa shape index (κ2) is 5.66. The van der Waals surface area contributed by atoms with Crippen LogP contribution in [0.2, 0.25) is 5.02 Å². The summed E-state index contributed by atoms with van der Waals surface area (Å²) < 4.78 is 0. The summed E-state index contributed by atoms with van der Waals surface area (Å²) in [5, 5.41) is 13.3. The molecule has 108 valence electrons. The molecule has 0 spiro atoms. The molecular weight excluding hydrogens is 288 g/mol. The molecule has 1 heterocycles. The van der Waals surface area contributed by atoms with Crippen molar-refractivity contribution in [2.45, 2.75) is 12.8 Å². The third-order valence-corrected chi connectivity index (χ3v) is 3.89. The van der Waals surface area contributed by atoms with Gasteiger partial charge in [-0.1, -0.05) is 35.9 Å². The summed E-state index contributed by atoms with van der Waals surface area (Å²) in [6.07, 6.45) is 1.73. The Morgan fingerprint density at radius 1 is 1.19 bits per heavy atom. The molecule has 1 aliphatic heterocycles. The van der Waals surface area contributed by atoms with Crippen LogP contribution >= 0.6 is 11.6 Å². The van der Waals surface area contributed by atoms with E-state index in [4.69, 9.17) is 11.6 Å². The third kappa shape index (κ3) is 2.67. The lowest BCUT2D eigenvalue weighted by Crippen LogP contribution is -2.38. The molecule has 0 aliphatic carbocycles. The fourth-order valence-corrected chi connectivity index (χ4v) is 2.76. The van der Waals surface area contributed by atoms with E-state index < -0.39 is 0 Å². The van der Waals surface area contributed by atoms with Gasteiger partial charge in [0.15, 0.2) is 0 Å². The molecule has 0 atom stereocenters. The molecule has 2 N–H and O–H groups in total. The van der Waals surface area contributed by atoms with Crippen LogP contribution in [0.1, 0.15) is 12.0 Å². The number of amides is 2. The molecule has 2 aromatic carbocycles. The van der Waals surface area contributed by atoms with Gasteiger partial charge in [-0.25, -0.2) is 4.79 Å². The Kier molecular flexibility index (Phi) is 3.71. The molecule has 21 heavy (non-hydrogen) atoms. The number of carbonyl (C=O) groups excluding carboxylic acids is 1. The molecule has 2 amide bonds. The second-order valence-electron chi connectivity index (χ2n) is 4.95. The van der Waals surface area contributed by atoms with E-state index in [1.54, 1.807) is 35.2 Å². The lowest BCUT2D eigenvalue weighted by atomic mass is 10.0. The Hall–Kier alpha value is -2.20. The molecule has 3 rings (SSSR count). The Morgan fingerprint density at radius 2 is 2.00 bits per heavy atom. The summed E-state index contributed by atoms with van der Waals surface area (Å²) in [7, 11) is 0. The number of hydrogen-bond donors (Lipinski definition) is 2. The standard InChI is InChI=1S/C16H15ClN2O2/c17-12-7-1-2-8-13(12)18-16(21)19-10-4-6-11-5-3-9-14(20)15(11)19/h1-3,5,7-9,20H,4,6,10H2,(H,18,21). The van der Waals surface area contributed by atoms with Crippen molar-refractivity contribution in [3.63, 3.8) is 0 Å². The Bertz CT molecular complexity index is 688. The molecule has 0 unspecified atom stereocenters. The van der Waals surface area contributed by atoms with Crippen LogP contribution < -0.4 is 10.2 Å². The van der Waals surface area contributed by atoms with Crippen LogP contribution in [0.3, 0.4) is 0 Å². The first-order chi connectivity index (χ1) is 10.2. The van der Waals surface area contributed by atoms with Crippen LogP contribution in [0, 0.1) is 0 Å². The third-order valence-electron chi connectivity index (χ3n) is 3.56. The van der Waals surface area contributed by atoms with Crippen molar-refractivity contribution < 1.29 is 9.90 Å². The van der Waals surface area contributed by atoms with Crippen molar-refractivity contribution in [1.29, 1.82) is 0 Å².